The highest BCUT2D eigenvalue weighted by atomic mass is 35.5. The molecule has 1 fully saturated rings. The molecule has 2 heterocycles. The van der Waals surface area contributed by atoms with Gasteiger partial charge in [0.2, 0.25) is 5.91 Å². The van der Waals surface area contributed by atoms with Gasteiger partial charge in [-0.1, -0.05) is 29.4 Å². The van der Waals surface area contributed by atoms with Crippen LogP contribution >= 0.6 is 23.4 Å². The van der Waals surface area contributed by atoms with Gasteiger partial charge in [0.15, 0.2) is 0 Å². The van der Waals surface area contributed by atoms with Gasteiger partial charge in [0.1, 0.15) is 12.1 Å². The second kappa shape index (κ2) is 10.1. The van der Waals surface area contributed by atoms with Crippen molar-refractivity contribution in [3.8, 4) is 0 Å². The van der Waals surface area contributed by atoms with Crippen molar-refractivity contribution in [2.45, 2.75) is 9.79 Å². The van der Waals surface area contributed by atoms with E-state index in [2.05, 4.69) is 0 Å². The highest BCUT2D eigenvalue weighted by molar-refractivity contribution is 7.99. The number of benzene rings is 2. The molecule has 0 saturated carbocycles. The van der Waals surface area contributed by atoms with E-state index in [9.17, 15) is 14.0 Å². The first-order valence-electron chi connectivity index (χ1n) is 10.0. The Bertz CT molecular complexity index is 1120. The molecule has 0 aliphatic carbocycles. The van der Waals surface area contributed by atoms with Crippen molar-refractivity contribution in [1.82, 2.24) is 9.80 Å². The Kier molecular flexibility index (Phi) is 6.97. The molecule has 8 heteroatoms. The number of carbonyl (C=O) groups excluding carboxylic acids is 2. The lowest BCUT2D eigenvalue weighted by Gasteiger charge is -2.34. The predicted molar refractivity (Wildman–Crippen MR) is 122 cm³/mol. The van der Waals surface area contributed by atoms with Crippen LogP contribution in [0.5, 0.6) is 0 Å². The second-order valence-electron chi connectivity index (χ2n) is 7.20. The number of amides is 2. The summed E-state index contributed by atoms with van der Waals surface area (Å²) in [6, 6.07) is 13.5. The summed E-state index contributed by atoms with van der Waals surface area (Å²) in [7, 11) is 0. The van der Waals surface area contributed by atoms with Crippen LogP contribution in [0, 0.1) is 5.82 Å². The lowest BCUT2D eigenvalue weighted by Crippen LogP contribution is -2.50. The van der Waals surface area contributed by atoms with Crippen LogP contribution in [0.2, 0.25) is 5.02 Å². The SMILES string of the molecule is O=C(C=Cc1ccc(Sc2ccc(F)cc2)cc1Cl)N1CCN(C(=O)c2ccoc2)CC1. The topological polar surface area (TPSA) is 53.8 Å². The molecule has 2 amide bonds. The van der Waals surface area contributed by atoms with Crippen LogP contribution in [-0.4, -0.2) is 47.8 Å². The number of piperazine rings is 1. The maximum atomic E-state index is 13.0. The van der Waals surface area contributed by atoms with Crippen LogP contribution in [0.1, 0.15) is 15.9 Å². The second-order valence-corrected chi connectivity index (χ2v) is 8.76. The van der Waals surface area contributed by atoms with Gasteiger partial charge in [-0.15, -0.1) is 0 Å². The van der Waals surface area contributed by atoms with E-state index in [0.717, 1.165) is 15.4 Å². The summed E-state index contributed by atoms with van der Waals surface area (Å²) in [4.78, 5) is 30.2. The summed E-state index contributed by atoms with van der Waals surface area (Å²) in [5.74, 6) is -0.489. The van der Waals surface area contributed by atoms with E-state index in [-0.39, 0.29) is 17.6 Å². The minimum atomic E-state index is -0.275. The summed E-state index contributed by atoms with van der Waals surface area (Å²) in [5, 5.41) is 0.525. The normalized spacial score (nSPS) is 14.2. The number of rotatable bonds is 5. The Morgan fingerprint density at radius 3 is 2.31 bits per heavy atom. The van der Waals surface area contributed by atoms with E-state index in [1.807, 2.05) is 18.2 Å². The Balaban J connectivity index is 1.32. The fourth-order valence-electron chi connectivity index (χ4n) is 3.31. The highest BCUT2D eigenvalue weighted by Crippen LogP contribution is 2.31. The number of hydrogen-bond acceptors (Lipinski definition) is 4. The van der Waals surface area contributed by atoms with Crippen molar-refractivity contribution in [2.24, 2.45) is 0 Å². The average molecular weight is 471 g/mol. The quantitative estimate of drug-likeness (QED) is 0.480. The summed E-state index contributed by atoms with van der Waals surface area (Å²) in [6.45, 7) is 1.88. The standard InChI is InChI=1S/C24H20ClFN2O3S/c25-22-15-21(32-20-6-3-19(26)4-7-20)5-1-17(22)2-8-23(29)27-10-12-28(13-11-27)24(30)18-9-14-31-16-18/h1-9,14-16H,10-13H2. The van der Waals surface area contributed by atoms with Crippen LogP contribution in [0.25, 0.3) is 6.08 Å². The zero-order valence-corrected chi connectivity index (χ0v) is 18.6. The molecule has 0 bridgehead atoms. The van der Waals surface area contributed by atoms with Crippen LogP contribution in [0.3, 0.4) is 0 Å². The van der Waals surface area contributed by atoms with E-state index in [0.29, 0.717) is 36.8 Å². The van der Waals surface area contributed by atoms with E-state index < -0.39 is 0 Å². The maximum Gasteiger partial charge on any atom is 0.257 e. The first-order valence-corrected chi connectivity index (χ1v) is 11.2. The minimum absolute atomic E-state index is 0.0910. The molecule has 1 saturated heterocycles. The van der Waals surface area contributed by atoms with Crippen LogP contribution in [-0.2, 0) is 4.79 Å². The van der Waals surface area contributed by atoms with Gasteiger partial charge in [-0.05, 0) is 54.1 Å². The molecule has 3 aromatic rings. The third-order valence-corrected chi connectivity index (χ3v) is 6.40. The third kappa shape index (κ3) is 5.41. The highest BCUT2D eigenvalue weighted by Gasteiger charge is 2.24. The zero-order chi connectivity index (χ0) is 22.5. The largest absolute Gasteiger partial charge is 0.472 e. The molecule has 164 valence electrons. The molecule has 0 unspecified atom stereocenters. The van der Waals surface area contributed by atoms with Gasteiger partial charge in [0.25, 0.3) is 5.91 Å². The number of hydrogen-bond donors (Lipinski definition) is 0. The van der Waals surface area contributed by atoms with Crippen LogP contribution in [0.4, 0.5) is 4.39 Å². The molecule has 32 heavy (non-hydrogen) atoms. The van der Waals surface area contributed by atoms with Crippen LogP contribution < -0.4 is 0 Å². The average Bonchev–Trinajstić information content (AvgIpc) is 3.34. The number of furan rings is 1. The molecule has 1 aliphatic rings. The summed E-state index contributed by atoms with van der Waals surface area (Å²) >= 11 is 7.87. The molecule has 0 spiro atoms. The van der Waals surface area contributed by atoms with Gasteiger partial charge in [-0.25, -0.2) is 4.39 Å². The molecule has 0 radical (unpaired) electrons. The molecule has 0 atom stereocenters. The van der Waals surface area contributed by atoms with Gasteiger partial charge in [0.05, 0.1) is 11.8 Å². The molecular formula is C24H20ClFN2O3S. The predicted octanol–water partition coefficient (Wildman–Crippen LogP) is 5.22. The Morgan fingerprint density at radius 1 is 0.969 bits per heavy atom. The lowest BCUT2D eigenvalue weighted by atomic mass is 10.2. The molecule has 2 aromatic carbocycles. The zero-order valence-electron chi connectivity index (χ0n) is 17.0. The van der Waals surface area contributed by atoms with Crippen molar-refractivity contribution in [3.63, 3.8) is 0 Å². The Morgan fingerprint density at radius 2 is 1.66 bits per heavy atom. The van der Waals surface area contributed by atoms with Gasteiger partial charge >= 0.3 is 0 Å². The maximum absolute atomic E-state index is 13.0. The summed E-state index contributed by atoms with van der Waals surface area (Å²) in [5.41, 5.74) is 1.25. The lowest BCUT2D eigenvalue weighted by molar-refractivity contribution is -0.127. The molecule has 0 N–H and O–H groups in total. The van der Waals surface area contributed by atoms with Gasteiger partial charge < -0.3 is 14.2 Å². The monoisotopic (exact) mass is 470 g/mol. The Labute approximate surface area is 194 Å². The van der Waals surface area contributed by atoms with E-state index >= 15 is 0 Å². The van der Waals surface area contributed by atoms with Crippen molar-refractivity contribution < 1.29 is 18.4 Å². The number of nitrogens with zero attached hydrogens (tertiary/aromatic N) is 2. The molecule has 1 aliphatic heterocycles. The molecule has 1 aromatic heterocycles. The smallest absolute Gasteiger partial charge is 0.257 e. The Hall–Kier alpha value is -3.03. The van der Waals surface area contributed by atoms with E-state index in [1.165, 1.54) is 42.5 Å². The number of carbonyl (C=O) groups is 2. The number of halogens is 2. The minimum Gasteiger partial charge on any atom is -0.472 e. The third-order valence-electron chi connectivity index (χ3n) is 5.07. The van der Waals surface area contributed by atoms with Crippen LogP contribution in [0.15, 0.2) is 81.3 Å². The fraction of sp³-hybridized carbons (Fsp3) is 0.167. The van der Waals surface area contributed by atoms with Gasteiger partial charge in [-0.2, -0.15) is 0 Å². The molecular weight excluding hydrogens is 451 g/mol. The van der Waals surface area contributed by atoms with Crippen molar-refractivity contribution in [3.05, 3.63) is 89.1 Å². The molecule has 5 nitrogen and oxygen atoms in total. The first-order chi connectivity index (χ1) is 15.5. The van der Waals surface area contributed by atoms with Crippen molar-refractivity contribution >= 4 is 41.3 Å². The fourth-order valence-corrected chi connectivity index (χ4v) is 4.48. The summed E-state index contributed by atoms with van der Waals surface area (Å²) in [6.07, 6.45) is 6.09. The molecule has 4 rings (SSSR count). The van der Waals surface area contributed by atoms with Gasteiger partial charge in [-0.3, -0.25) is 9.59 Å². The van der Waals surface area contributed by atoms with E-state index in [1.54, 1.807) is 34.1 Å². The van der Waals surface area contributed by atoms with E-state index in [4.69, 9.17) is 16.0 Å². The van der Waals surface area contributed by atoms with Crippen molar-refractivity contribution in [2.75, 3.05) is 26.2 Å². The summed E-state index contributed by atoms with van der Waals surface area (Å²) < 4.78 is 18.0. The van der Waals surface area contributed by atoms with Crippen molar-refractivity contribution in [1.29, 1.82) is 0 Å². The first kappa shape index (κ1) is 22.2. The van der Waals surface area contributed by atoms with Gasteiger partial charge in [0, 0.05) is 47.1 Å².